The number of hydrogen-bond donors (Lipinski definition) is 1. The number of carboxylic acids is 1. The highest BCUT2D eigenvalue weighted by atomic mass is 32.2. The Morgan fingerprint density at radius 2 is 2.15 bits per heavy atom. The van der Waals surface area contributed by atoms with E-state index in [1.165, 1.54) is 11.8 Å². The molecule has 0 saturated carbocycles. The number of hydrogen-bond acceptors (Lipinski definition) is 3. The van der Waals surface area contributed by atoms with Gasteiger partial charge in [0.25, 0.3) is 0 Å². The molecule has 1 N–H and O–H groups in total. The van der Waals surface area contributed by atoms with Crippen LogP contribution in [0.5, 0.6) is 0 Å². The quantitative estimate of drug-likeness (QED) is 0.719. The molecule has 0 spiro atoms. The summed E-state index contributed by atoms with van der Waals surface area (Å²) in [5, 5.41) is 8.06. The lowest BCUT2D eigenvalue weighted by molar-refractivity contribution is -0.136. The lowest BCUT2D eigenvalue weighted by Crippen LogP contribution is -2.43. The molecule has 1 aliphatic heterocycles. The first kappa shape index (κ1) is 10.4. The van der Waals surface area contributed by atoms with Crippen LogP contribution in [0.1, 0.15) is 13.3 Å². The monoisotopic (exact) mass is 203 g/mol. The number of thioether (sulfide) groups is 1. The van der Waals surface area contributed by atoms with Crippen molar-refractivity contribution in [2.45, 2.75) is 18.6 Å². The predicted octanol–water partition coefficient (Wildman–Crippen LogP) is 0.425. The third-order valence-electron chi connectivity index (χ3n) is 2.01. The summed E-state index contributed by atoms with van der Waals surface area (Å²) in [5.74, 6) is -0.515. The molecule has 0 aromatic rings. The van der Waals surface area contributed by atoms with Crippen LogP contribution in [0.3, 0.4) is 0 Å². The molecular weight excluding hydrogens is 190 g/mol. The minimum atomic E-state index is -0.860. The van der Waals surface area contributed by atoms with E-state index in [1.807, 2.05) is 0 Å². The molecule has 1 atom stereocenters. The summed E-state index contributed by atoms with van der Waals surface area (Å²) in [7, 11) is 0. The van der Waals surface area contributed by atoms with Gasteiger partial charge < -0.3 is 10.0 Å². The Kier molecular flexibility index (Phi) is 3.59. The number of carbonyl (C=O) groups is 2. The predicted molar refractivity (Wildman–Crippen MR) is 50.8 cm³/mol. The second kappa shape index (κ2) is 4.50. The van der Waals surface area contributed by atoms with E-state index in [0.29, 0.717) is 0 Å². The van der Waals surface area contributed by atoms with Crippen molar-refractivity contribution in [1.29, 1.82) is 0 Å². The lowest BCUT2D eigenvalue weighted by atomic mass is 10.2. The smallest absolute Gasteiger partial charge is 0.316 e. The second-order valence-electron chi connectivity index (χ2n) is 3.03. The topological polar surface area (TPSA) is 57.6 Å². The molecule has 0 bridgehead atoms. The van der Waals surface area contributed by atoms with Crippen LogP contribution in [-0.4, -0.2) is 46.0 Å². The molecular formula is C8H13NO3S. The van der Waals surface area contributed by atoms with Crippen LogP contribution in [0, 0.1) is 0 Å². The zero-order valence-corrected chi connectivity index (χ0v) is 8.34. The molecule has 1 amide bonds. The number of amides is 1. The third-order valence-corrected chi connectivity index (χ3v) is 3.13. The summed E-state index contributed by atoms with van der Waals surface area (Å²) in [6, 6.07) is 0. The SMILES string of the molecule is CC(SCC(=O)N1CCC1)C(=O)O. The number of likely N-dealkylation sites (tertiary alicyclic amines) is 1. The van der Waals surface area contributed by atoms with Gasteiger partial charge in [-0.1, -0.05) is 0 Å². The maximum atomic E-state index is 11.3. The van der Waals surface area contributed by atoms with E-state index in [-0.39, 0.29) is 11.7 Å². The van der Waals surface area contributed by atoms with E-state index in [9.17, 15) is 9.59 Å². The van der Waals surface area contributed by atoms with Crippen molar-refractivity contribution in [2.24, 2.45) is 0 Å². The van der Waals surface area contributed by atoms with E-state index in [4.69, 9.17) is 5.11 Å². The second-order valence-corrected chi connectivity index (χ2v) is 4.35. The zero-order chi connectivity index (χ0) is 9.84. The van der Waals surface area contributed by atoms with E-state index in [2.05, 4.69) is 0 Å². The van der Waals surface area contributed by atoms with Crippen molar-refractivity contribution in [2.75, 3.05) is 18.8 Å². The first-order valence-electron chi connectivity index (χ1n) is 4.23. The molecule has 0 aromatic heterocycles. The van der Waals surface area contributed by atoms with Crippen molar-refractivity contribution < 1.29 is 14.7 Å². The maximum Gasteiger partial charge on any atom is 0.316 e. The van der Waals surface area contributed by atoms with Crippen molar-refractivity contribution in [3.63, 3.8) is 0 Å². The van der Waals surface area contributed by atoms with Crippen molar-refractivity contribution in [3.8, 4) is 0 Å². The van der Waals surface area contributed by atoms with Gasteiger partial charge in [-0.05, 0) is 13.3 Å². The Morgan fingerprint density at radius 3 is 2.54 bits per heavy atom. The Bertz CT molecular complexity index is 215. The molecule has 1 saturated heterocycles. The fourth-order valence-electron chi connectivity index (χ4n) is 0.924. The van der Waals surface area contributed by atoms with E-state index in [0.717, 1.165) is 19.5 Å². The van der Waals surface area contributed by atoms with Gasteiger partial charge >= 0.3 is 5.97 Å². The molecule has 0 radical (unpaired) electrons. The lowest BCUT2D eigenvalue weighted by Gasteiger charge is -2.30. The standard InChI is InChI=1S/C8H13NO3S/c1-6(8(11)12)13-5-7(10)9-3-2-4-9/h6H,2-5H2,1H3,(H,11,12). The fourth-order valence-corrected chi connectivity index (χ4v) is 1.64. The van der Waals surface area contributed by atoms with Crippen LogP contribution >= 0.6 is 11.8 Å². The summed E-state index contributed by atoms with van der Waals surface area (Å²) in [6.45, 7) is 3.26. The normalized spacial score (nSPS) is 17.8. The molecule has 1 unspecified atom stereocenters. The van der Waals surface area contributed by atoms with Crippen LogP contribution in [0.4, 0.5) is 0 Å². The molecule has 1 fully saturated rings. The Hall–Kier alpha value is -0.710. The number of aliphatic carboxylic acids is 1. The Labute approximate surface area is 81.3 Å². The third kappa shape index (κ3) is 2.91. The van der Waals surface area contributed by atoms with Gasteiger partial charge in [0, 0.05) is 13.1 Å². The van der Waals surface area contributed by atoms with Gasteiger partial charge in [0.15, 0.2) is 0 Å². The number of rotatable bonds is 4. The van der Waals surface area contributed by atoms with Gasteiger partial charge in [-0.3, -0.25) is 9.59 Å². The highest BCUT2D eigenvalue weighted by molar-refractivity contribution is 8.01. The van der Waals surface area contributed by atoms with Crippen molar-refractivity contribution >= 4 is 23.6 Å². The van der Waals surface area contributed by atoms with E-state index < -0.39 is 11.2 Å². The highest BCUT2D eigenvalue weighted by Gasteiger charge is 2.21. The molecule has 1 rings (SSSR count). The fraction of sp³-hybridized carbons (Fsp3) is 0.750. The number of nitrogens with zero attached hydrogens (tertiary/aromatic N) is 1. The number of carbonyl (C=O) groups excluding carboxylic acids is 1. The first-order valence-corrected chi connectivity index (χ1v) is 5.28. The molecule has 0 aromatic carbocycles. The van der Waals surface area contributed by atoms with Gasteiger partial charge in [0.2, 0.25) is 5.91 Å². The van der Waals surface area contributed by atoms with Crippen LogP contribution in [0.2, 0.25) is 0 Å². The highest BCUT2D eigenvalue weighted by Crippen LogP contribution is 2.14. The summed E-state index contributed by atoms with van der Waals surface area (Å²) in [5.41, 5.74) is 0. The summed E-state index contributed by atoms with van der Waals surface area (Å²) in [6.07, 6.45) is 1.07. The maximum absolute atomic E-state index is 11.3. The van der Waals surface area contributed by atoms with Crippen molar-refractivity contribution in [1.82, 2.24) is 4.90 Å². The summed E-state index contributed by atoms with van der Waals surface area (Å²) >= 11 is 1.18. The zero-order valence-electron chi connectivity index (χ0n) is 7.52. The van der Waals surface area contributed by atoms with E-state index >= 15 is 0 Å². The van der Waals surface area contributed by atoms with Crippen LogP contribution < -0.4 is 0 Å². The van der Waals surface area contributed by atoms with Gasteiger partial charge in [-0.15, -0.1) is 11.8 Å². The average molecular weight is 203 g/mol. The molecule has 13 heavy (non-hydrogen) atoms. The average Bonchev–Trinajstić information content (AvgIpc) is 1.96. The molecule has 4 nitrogen and oxygen atoms in total. The van der Waals surface area contributed by atoms with Gasteiger partial charge in [-0.25, -0.2) is 0 Å². The van der Waals surface area contributed by atoms with E-state index in [1.54, 1.807) is 11.8 Å². The first-order chi connectivity index (χ1) is 6.11. The van der Waals surface area contributed by atoms with Gasteiger partial charge in [0.1, 0.15) is 0 Å². The van der Waals surface area contributed by atoms with Gasteiger partial charge in [0.05, 0.1) is 11.0 Å². The van der Waals surface area contributed by atoms with Crippen LogP contribution in [0.25, 0.3) is 0 Å². The molecule has 5 heteroatoms. The van der Waals surface area contributed by atoms with Crippen molar-refractivity contribution in [3.05, 3.63) is 0 Å². The largest absolute Gasteiger partial charge is 0.480 e. The van der Waals surface area contributed by atoms with Gasteiger partial charge in [-0.2, -0.15) is 0 Å². The minimum Gasteiger partial charge on any atom is -0.480 e. The summed E-state index contributed by atoms with van der Waals surface area (Å²) in [4.78, 5) is 23.4. The van der Waals surface area contributed by atoms with Crippen LogP contribution in [-0.2, 0) is 9.59 Å². The Morgan fingerprint density at radius 1 is 1.54 bits per heavy atom. The molecule has 1 heterocycles. The van der Waals surface area contributed by atoms with Crippen LogP contribution in [0.15, 0.2) is 0 Å². The molecule has 0 aliphatic carbocycles. The summed E-state index contributed by atoms with van der Waals surface area (Å²) < 4.78 is 0. The minimum absolute atomic E-state index is 0.0596. The Balaban J connectivity index is 2.17. The number of carboxylic acid groups (broad SMARTS) is 1. The molecule has 74 valence electrons. The molecule has 1 aliphatic rings.